The van der Waals surface area contributed by atoms with Crippen molar-refractivity contribution in [3.05, 3.63) is 81.8 Å². The quantitative estimate of drug-likeness (QED) is 0.0281. The minimum Gasteiger partial charge on any atom is -0.489 e. The van der Waals surface area contributed by atoms with E-state index in [2.05, 4.69) is 97.5 Å². The van der Waals surface area contributed by atoms with Gasteiger partial charge in [-0.05, 0) is 111 Å². The van der Waals surface area contributed by atoms with Gasteiger partial charge in [-0.15, -0.1) is 51.9 Å². The average molecular weight is 1240 g/mol. The Bertz CT molecular complexity index is 3210. The van der Waals surface area contributed by atoms with Gasteiger partial charge in [-0.1, -0.05) is 195 Å². The Hall–Kier alpha value is -3.85. The zero-order valence-corrected chi connectivity index (χ0v) is 56.2. The van der Waals surface area contributed by atoms with Crippen LogP contribution < -0.4 is 9.47 Å². The molecule has 0 aliphatic carbocycles. The van der Waals surface area contributed by atoms with Crippen LogP contribution in [0.25, 0.3) is 73.6 Å². The summed E-state index contributed by atoms with van der Waals surface area (Å²) in [6, 6.07) is 15.2. The summed E-state index contributed by atoms with van der Waals surface area (Å²) >= 11 is 9.40. The van der Waals surface area contributed by atoms with Crippen molar-refractivity contribution in [2.75, 3.05) is 13.2 Å². The van der Waals surface area contributed by atoms with Crippen LogP contribution in [0.15, 0.2) is 55.1 Å². The van der Waals surface area contributed by atoms with E-state index in [-0.39, 0.29) is 11.7 Å². The highest BCUT2D eigenvalue weighted by atomic mass is 32.1. The SMILES string of the molecule is C=CC(CCCC)Cc1cc(-c2c(F)cc(-c3cc(CC(CC)CCCC)c(C)s3)c3nsnc23)sc1-c1ccc(-c2c(OCCCCCCCCCCCC)c(OCCCCCCCCCCCC)c(-c3ccc(C)s3)c3nsnc23)s1. The highest BCUT2D eigenvalue weighted by molar-refractivity contribution is 7.25. The van der Waals surface area contributed by atoms with E-state index in [9.17, 15) is 0 Å². The molecule has 0 aliphatic rings. The number of allylic oxidation sites excluding steroid dienone is 1. The highest BCUT2D eigenvalue weighted by Gasteiger charge is 2.30. The first-order valence-electron chi connectivity index (χ1n) is 32.3. The molecule has 8 rings (SSSR count). The normalized spacial score (nSPS) is 12.6. The molecule has 0 bridgehead atoms. The number of nitrogens with zero attached hydrogens (tertiary/aromatic N) is 4. The third kappa shape index (κ3) is 17.7. The fourth-order valence-corrected chi connectivity index (χ4v) is 17.3. The monoisotopic (exact) mass is 1230 g/mol. The Morgan fingerprint density at radius 3 is 1.52 bits per heavy atom. The second kappa shape index (κ2) is 34.5. The largest absolute Gasteiger partial charge is 0.489 e. The highest BCUT2D eigenvalue weighted by Crippen LogP contribution is 2.55. The van der Waals surface area contributed by atoms with Crippen molar-refractivity contribution in [2.45, 2.75) is 235 Å². The maximum atomic E-state index is 17.3. The van der Waals surface area contributed by atoms with Gasteiger partial charge in [0.25, 0.3) is 0 Å². The van der Waals surface area contributed by atoms with Crippen molar-refractivity contribution < 1.29 is 13.9 Å². The van der Waals surface area contributed by atoms with E-state index in [1.807, 2.05) is 0 Å². The predicted octanol–water partition coefficient (Wildman–Crippen LogP) is 24.9. The van der Waals surface area contributed by atoms with Crippen LogP contribution in [0.4, 0.5) is 4.39 Å². The second-order valence-corrected chi connectivity index (χ2v) is 29.1. The van der Waals surface area contributed by atoms with Crippen LogP contribution in [0.1, 0.15) is 229 Å². The molecule has 0 fully saturated rings. The molecule has 450 valence electrons. The molecule has 6 nitrogen and oxygen atoms in total. The molecule has 0 aliphatic heterocycles. The van der Waals surface area contributed by atoms with Gasteiger partial charge in [-0.2, -0.15) is 17.5 Å². The summed E-state index contributed by atoms with van der Waals surface area (Å²) in [6.07, 6.45) is 37.4. The van der Waals surface area contributed by atoms with Crippen molar-refractivity contribution >= 4 is 90.9 Å². The smallest absolute Gasteiger partial charge is 0.172 e. The van der Waals surface area contributed by atoms with Gasteiger partial charge in [0.15, 0.2) is 11.5 Å². The molecule has 0 saturated carbocycles. The summed E-state index contributed by atoms with van der Waals surface area (Å²) < 4.78 is 51.6. The molecule has 6 heterocycles. The lowest BCUT2D eigenvalue weighted by Crippen LogP contribution is -2.06. The van der Waals surface area contributed by atoms with Gasteiger partial charge < -0.3 is 9.47 Å². The summed E-state index contributed by atoms with van der Waals surface area (Å²) in [5.74, 6) is 2.24. The van der Waals surface area contributed by atoms with E-state index in [1.54, 1.807) is 51.4 Å². The zero-order valence-electron chi connectivity index (χ0n) is 51.3. The number of thiophene rings is 4. The number of fused-ring (bicyclic) bond motifs is 2. The molecular formula is C70H95FN4O2S6. The van der Waals surface area contributed by atoms with Crippen LogP contribution in [0.2, 0.25) is 0 Å². The molecule has 83 heavy (non-hydrogen) atoms. The zero-order chi connectivity index (χ0) is 58.3. The van der Waals surface area contributed by atoms with Crippen molar-refractivity contribution in [1.82, 2.24) is 17.5 Å². The van der Waals surface area contributed by atoms with Crippen molar-refractivity contribution in [3.8, 4) is 63.0 Å². The van der Waals surface area contributed by atoms with Crippen LogP contribution in [-0.2, 0) is 12.8 Å². The van der Waals surface area contributed by atoms with Crippen LogP contribution in [0.3, 0.4) is 0 Å². The van der Waals surface area contributed by atoms with Crippen molar-refractivity contribution in [2.24, 2.45) is 11.8 Å². The molecule has 13 heteroatoms. The van der Waals surface area contributed by atoms with Crippen molar-refractivity contribution in [1.29, 1.82) is 0 Å². The van der Waals surface area contributed by atoms with Gasteiger partial charge in [0.1, 0.15) is 27.9 Å². The van der Waals surface area contributed by atoms with E-state index in [4.69, 9.17) is 27.0 Å². The first-order chi connectivity index (χ1) is 40.7. The lowest BCUT2D eigenvalue weighted by Gasteiger charge is -2.20. The molecule has 6 aromatic heterocycles. The van der Waals surface area contributed by atoms with Crippen LogP contribution in [0.5, 0.6) is 11.5 Å². The maximum absolute atomic E-state index is 17.3. The van der Waals surface area contributed by atoms with E-state index >= 15 is 4.39 Å². The van der Waals surface area contributed by atoms with Crippen LogP contribution in [-0.4, -0.2) is 30.7 Å². The fraction of sp³-hybridized carbons (Fsp3) is 0.571. The molecule has 0 saturated heterocycles. The van der Waals surface area contributed by atoms with Crippen LogP contribution in [0, 0.1) is 31.5 Å². The number of aromatic nitrogens is 4. The standard InChI is InChI=1S/C70H95FN4O2S6/c1-9-15-19-21-23-25-27-29-31-33-41-76-68-62(56-38-37-48(7)78-56)66-67(75-83-74-66)63(69(68)77-42-34-32-30-28-26-24-22-20-16-10-2)57-39-40-58(80-57)70-53(44-51(14-6)36-18-12-4)46-60(81-70)61-55(71)47-54(64-65(61)73-82-72-64)59-45-52(49(8)79-59)43-50(13-5)35-17-11-3/h14,37-40,45-47,50-51H,6,9-13,15-36,41-44H2,1-5,7-8H3. The Morgan fingerprint density at radius 2 is 0.976 bits per heavy atom. The molecule has 0 spiro atoms. The maximum Gasteiger partial charge on any atom is 0.172 e. The van der Waals surface area contributed by atoms with Gasteiger partial charge in [0.05, 0.1) is 53.4 Å². The molecule has 2 unspecified atom stereocenters. The minimum atomic E-state index is -0.256. The molecular weight excluding hydrogens is 1140 g/mol. The topological polar surface area (TPSA) is 70.0 Å². The molecule has 2 atom stereocenters. The lowest BCUT2D eigenvalue weighted by atomic mass is 9.92. The van der Waals surface area contributed by atoms with Gasteiger partial charge in [0, 0.05) is 44.6 Å². The molecule has 8 aromatic rings. The number of benzene rings is 2. The number of unbranched alkanes of at least 4 members (excludes halogenated alkanes) is 20. The van der Waals surface area contributed by atoms with Crippen molar-refractivity contribution in [3.63, 3.8) is 0 Å². The van der Waals surface area contributed by atoms with Gasteiger partial charge >= 0.3 is 0 Å². The van der Waals surface area contributed by atoms with E-state index in [0.29, 0.717) is 30.2 Å². The number of rotatable bonds is 41. The Balaban J connectivity index is 1.16. The molecule has 0 N–H and O–H groups in total. The number of halogens is 1. The van der Waals surface area contributed by atoms with E-state index in [1.165, 1.54) is 166 Å². The molecule has 0 radical (unpaired) electrons. The summed E-state index contributed by atoms with van der Waals surface area (Å²) in [4.78, 5) is 8.94. The number of hydrogen-bond acceptors (Lipinski definition) is 12. The summed E-state index contributed by atoms with van der Waals surface area (Å²) in [5.41, 5.74) is 9.01. The fourth-order valence-electron chi connectivity index (χ4n) is 11.8. The van der Waals surface area contributed by atoms with Gasteiger partial charge in [0.2, 0.25) is 0 Å². The predicted molar refractivity (Wildman–Crippen MR) is 365 cm³/mol. The number of hydrogen-bond donors (Lipinski definition) is 0. The van der Waals surface area contributed by atoms with E-state index in [0.717, 1.165) is 138 Å². The molecule has 0 amide bonds. The third-order valence-corrected chi connectivity index (χ3v) is 22.5. The second-order valence-electron chi connectivity index (χ2n) is 23.4. The Kier molecular flexibility index (Phi) is 27.1. The van der Waals surface area contributed by atoms with Gasteiger partial charge in [-0.25, -0.2) is 4.39 Å². The number of aryl methyl sites for hydroxylation is 2. The summed E-state index contributed by atoms with van der Waals surface area (Å²) in [5, 5.41) is 0. The third-order valence-electron chi connectivity index (χ3n) is 16.8. The Labute approximate surface area is 522 Å². The summed E-state index contributed by atoms with van der Waals surface area (Å²) in [7, 11) is 0. The van der Waals surface area contributed by atoms with Crippen LogP contribution >= 0.6 is 68.8 Å². The van der Waals surface area contributed by atoms with Gasteiger partial charge in [-0.3, -0.25) is 0 Å². The average Bonchev–Trinajstić information content (AvgIpc) is 2.26. The summed E-state index contributed by atoms with van der Waals surface area (Å²) in [6.45, 7) is 21.3. The molecule has 2 aromatic carbocycles. The first kappa shape index (κ1) is 65.1. The van der Waals surface area contributed by atoms with E-state index < -0.39 is 0 Å². The minimum absolute atomic E-state index is 0.256. The Morgan fingerprint density at radius 1 is 0.482 bits per heavy atom. The lowest BCUT2D eigenvalue weighted by molar-refractivity contribution is 0.260. The first-order valence-corrected chi connectivity index (χ1v) is 37.0. The number of ether oxygens (including phenoxy) is 2.